The van der Waals surface area contributed by atoms with Gasteiger partial charge >= 0.3 is 6.18 Å². The number of hydrogen-bond acceptors (Lipinski definition) is 3. The van der Waals surface area contributed by atoms with E-state index in [1.165, 1.54) is 0 Å². The van der Waals surface area contributed by atoms with E-state index in [1.807, 2.05) is 13.0 Å². The van der Waals surface area contributed by atoms with Crippen LogP contribution >= 0.6 is 11.6 Å². The molecule has 0 spiro atoms. The van der Waals surface area contributed by atoms with Gasteiger partial charge in [0, 0.05) is 17.0 Å². The van der Waals surface area contributed by atoms with Crippen LogP contribution in [0.2, 0.25) is 5.02 Å². The van der Waals surface area contributed by atoms with E-state index in [2.05, 4.69) is 5.32 Å². The van der Waals surface area contributed by atoms with Gasteiger partial charge in [-0.05, 0) is 24.2 Å². The van der Waals surface area contributed by atoms with Crippen LogP contribution in [0.25, 0.3) is 0 Å². The van der Waals surface area contributed by atoms with Crippen LogP contribution in [0.15, 0.2) is 12.1 Å². The summed E-state index contributed by atoms with van der Waals surface area (Å²) in [4.78, 5) is 0. The van der Waals surface area contributed by atoms with Crippen molar-refractivity contribution in [3.05, 3.63) is 28.3 Å². The topological polar surface area (TPSA) is 30.5 Å². The Morgan fingerprint density at radius 1 is 1.43 bits per heavy atom. The Balaban J connectivity index is 2.14. The van der Waals surface area contributed by atoms with Crippen LogP contribution in [0, 0.1) is 0 Å². The van der Waals surface area contributed by atoms with Crippen LogP contribution in [0.3, 0.4) is 0 Å². The summed E-state index contributed by atoms with van der Waals surface area (Å²) in [7, 11) is 0. The lowest BCUT2D eigenvalue weighted by molar-refractivity contribution is -0.175. The molecule has 0 aromatic heterocycles. The monoisotopic (exact) mass is 323 g/mol. The van der Waals surface area contributed by atoms with Gasteiger partial charge in [-0.15, -0.1) is 0 Å². The first-order valence-corrected chi connectivity index (χ1v) is 7.11. The molecular formula is C14H17ClF3NO2. The molecule has 0 saturated heterocycles. The Morgan fingerprint density at radius 3 is 2.86 bits per heavy atom. The molecule has 2 rings (SSSR count). The summed E-state index contributed by atoms with van der Waals surface area (Å²) in [5.41, 5.74) is 1.73. The van der Waals surface area contributed by atoms with Crippen molar-refractivity contribution in [2.75, 3.05) is 26.4 Å². The van der Waals surface area contributed by atoms with E-state index < -0.39 is 12.8 Å². The van der Waals surface area contributed by atoms with Gasteiger partial charge in [0.05, 0.1) is 19.3 Å². The molecule has 0 radical (unpaired) electrons. The molecule has 0 aliphatic carbocycles. The summed E-state index contributed by atoms with van der Waals surface area (Å²) in [6, 6.07) is 3.16. The largest absolute Gasteiger partial charge is 0.493 e. The molecule has 0 fully saturated rings. The maximum atomic E-state index is 12.2. The van der Waals surface area contributed by atoms with Crippen LogP contribution < -0.4 is 10.1 Å². The number of hydrogen-bond donors (Lipinski definition) is 1. The minimum Gasteiger partial charge on any atom is -0.493 e. The van der Waals surface area contributed by atoms with Crippen LogP contribution in [0.1, 0.15) is 24.1 Å². The van der Waals surface area contributed by atoms with Crippen molar-refractivity contribution < 1.29 is 22.6 Å². The molecule has 0 bridgehead atoms. The second kappa shape index (κ2) is 6.85. The van der Waals surface area contributed by atoms with E-state index in [1.54, 1.807) is 6.07 Å². The van der Waals surface area contributed by atoms with Crippen molar-refractivity contribution in [3.63, 3.8) is 0 Å². The zero-order valence-electron chi connectivity index (χ0n) is 11.6. The molecule has 3 nitrogen and oxygen atoms in total. The predicted molar refractivity (Wildman–Crippen MR) is 73.9 cm³/mol. The predicted octanol–water partition coefficient (Wildman–Crippen LogP) is 3.50. The van der Waals surface area contributed by atoms with Crippen molar-refractivity contribution in [2.45, 2.75) is 25.6 Å². The van der Waals surface area contributed by atoms with Gasteiger partial charge in [0.2, 0.25) is 0 Å². The number of likely N-dealkylation sites (N-methyl/N-ethyl adjacent to an activating group) is 1. The maximum Gasteiger partial charge on any atom is 0.411 e. The van der Waals surface area contributed by atoms with Gasteiger partial charge in [-0.25, -0.2) is 0 Å². The summed E-state index contributed by atoms with van der Waals surface area (Å²) >= 11 is 6.08. The molecule has 1 N–H and O–H groups in total. The molecule has 21 heavy (non-hydrogen) atoms. The fourth-order valence-electron chi connectivity index (χ4n) is 2.35. The minimum atomic E-state index is -4.33. The van der Waals surface area contributed by atoms with Gasteiger partial charge < -0.3 is 14.8 Å². The van der Waals surface area contributed by atoms with E-state index in [4.69, 9.17) is 21.1 Å². The van der Waals surface area contributed by atoms with Gasteiger partial charge in [0.25, 0.3) is 0 Å². The van der Waals surface area contributed by atoms with Gasteiger partial charge in [-0.3, -0.25) is 0 Å². The molecule has 1 aromatic rings. The second-order valence-electron chi connectivity index (χ2n) is 4.82. The molecule has 7 heteroatoms. The van der Waals surface area contributed by atoms with Crippen LogP contribution in [-0.4, -0.2) is 32.5 Å². The van der Waals surface area contributed by atoms with Crippen molar-refractivity contribution in [1.29, 1.82) is 0 Å². The van der Waals surface area contributed by atoms with Gasteiger partial charge in [-0.1, -0.05) is 18.5 Å². The fourth-order valence-corrected chi connectivity index (χ4v) is 2.60. The Kier molecular flexibility index (Phi) is 5.35. The zero-order chi connectivity index (χ0) is 15.5. The molecule has 1 heterocycles. The average molecular weight is 324 g/mol. The highest BCUT2D eigenvalue weighted by molar-refractivity contribution is 6.30. The normalized spacial score (nSPS) is 15.7. The average Bonchev–Trinajstić information content (AvgIpc) is 2.83. The summed E-state index contributed by atoms with van der Waals surface area (Å²) in [5.74, 6) is 0.709. The smallest absolute Gasteiger partial charge is 0.411 e. The molecule has 0 saturated carbocycles. The molecule has 1 aliphatic rings. The van der Waals surface area contributed by atoms with Gasteiger partial charge in [0.15, 0.2) is 0 Å². The number of nitrogens with one attached hydrogen (secondary N) is 1. The number of benzene rings is 1. The van der Waals surface area contributed by atoms with Gasteiger partial charge in [-0.2, -0.15) is 13.2 Å². The van der Waals surface area contributed by atoms with E-state index in [-0.39, 0.29) is 12.6 Å². The van der Waals surface area contributed by atoms with Crippen LogP contribution in [-0.2, 0) is 11.2 Å². The third kappa shape index (κ3) is 4.49. The van der Waals surface area contributed by atoms with Crippen molar-refractivity contribution >= 4 is 11.6 Å². The Bertz CT molecular complexity index is 494. The quantitative estimate of drug-likeness (QED) is 0.869. The standard InChI is InChI=1S/C14H17ClF3NO2/c1-2-19-12(7-20-8-14(16,17)18)11-6-10(15)5-9-3-4-21-13(9)11/h5-6,12,19H,2-4,7-8H2,1H3. The third-order valence-corrected chi connectivity index (χ3v) is 3.37. The van der Waals surface area contributed by atoms with E-state index in [9.17, 15) is 13.2 Å². The number of alkyl halides is 3. The first-order chi connectivity index (χ1) is 9.90. The fraction of sp³-hybridized carbons (Fsp3) is 0.571. The summed E-state index contributed by atoms with van der Waals surface area (Å²) in [6.45, 7) is 1.68. The van der Waals surface area contributed by atoms with Crippen molar-refractivity contribution in [3.8, 4) is 5.75 Å². The van der Waals surface area contributed by atoms with E-state index >= 15 is 0 Å². The zero-order valence-corrected chi connectivity index (χ0v) is 12.4. The number of ether oxygens (including phenoxy) is 2. The Hall–Kier alpha value is -0.980. The van der Waals surface area contributed by atoms with Crippen molar-refractivity contribution in [2.24, 2.45) is 0 Å². The molecule has 1 unspecified atom stereocenters. The third-order valence-electron chi connectivity index (χ3n) is 3.15. The lowest BCUT2D eigenvalue weighted by Gasteiger charge is -2.21. The Morgan fingerprint density at radius 2 is 2.19 bits per heavy atom. The summed E-state index contributed by atoms with van der Waals surface area (Å²) in [6.07, 6.45) is -3.57. The Labute approximate surface area is 126 Å². The lowest BCUT2D eigenvalue weighted by atomic mass is 10.0. The first-order valence-electron chi connectivity index (χ1n) is 6.73. The summed E-state index contributed by atoms with van der Waals surface area (Å²) < 4.78 is 46.9. The molecule has 118 valence electrons. The summed E-state index contributed by atoms with van der Waals surface area (Å²) in [5, 5.41) is 3.66. The first kappa shape index (κ1) is 16.4. The van der Waals surface area contributed by atoms with E-state index in [0.29, 0.717) is 23.9 Å². The number of halogens is 4. The molecule has 0 amide bonds. The number of fused-ring (bicyclic) bond motifs is 1. The highest BCUT2D eigenvalue weighted by Crippen LogP contribution is 2.36. The van der Waals surface area contributed by atoms with Crippen LogP contribution in [0.5, 0.6) is 5.75 Å². The molecule has 1 aliphatic heterocycles. The second-order valence-corrected chi connectivity index (χ2v) is 5.26. The molecule has 1 atom stereocenters. The van der Waals surface area contributed by atoms with Crippen molar-refractivity contribution in [1.82, 2.24) is 5.32 Å². The SMILES string of the molecule is CCNC(COCC(F)(F)F)c1cc(Cl)cc2c1OCC2. The highest BCUT2D eigenvalue weighted by atomic mass is 35.5. The van der Waals surface area contributed by atoms with E-state index in [0.717, 1.165) is 17.5 Å². The molecule has 1 aromatic carbocycles. The van der Waals surface area contributed by atoms with Gasteiger partial charge in [0.1, 0.15) is 12.4 Å². The molecular weight excluding hydrogens is 307 g/mol. The lowest BCUT2D eigenvalue weighted by Crippen LogP contribution is -2.28. The maximum absolute atomic E-state index is 12.2. The number of rotatable bonds is 6. The van der Waals surface area contributed by atoms with Crippen LogP contribution in [0.4, 0.5) is 13.2 Å². The minimum absolute atomic E-state index is 0.0938. The highest BCUT2D eigenvalue weighted by Gasteiger charge is 2.29.